The van der Waals surface area contributed by atoms with Crippen molar-refractivity contribution in [3.05, 3.63) is 48.3 Å². The minimum atomic E-state index is -3.44. The molecule has 0 radical (unpaired) electrons. The van der Waals surface area contributed by atoms with Crippen LogP contribution in [0.4, 0.5) is 11.4 Å². The second kappa shape index (κ2) is 10.8. The number of pyridine rings is 1. The van der Waals surface area contributed by atoms with Crippen LogP contribution in [0, 0.1) is 0 Å². The Morgan fingerprint density at radius 3 is 2.66 bits per heavy atom. The number of carbonyl (C=O) groups is 1. The molecule has 2 rings (SSSR count). The monoisotopic (exact) mass is 419 g/mol. The van der Waals surface area contributed by atoms with Crippen molar-refractivity contribution in [2.24, 2.45) is 0 Å². The topological polar surface area (TPSA) is 88.6 Å². The fraction of sp³-hybridized carbons (Fsp3) is 0.429. The van der Waals surface area contributed by atoms with Gasteiger partial charge in [0.25, 0.3) is 0 Å². The average molecular weight is 420 g/mol. The summed E-state index contributed by atoms with van der Waals surface area (Å²) in [6, 6.07) is 8.59. The number of nitrogens with zero attached hydrogens (tertiary/aromatic N) is 2. The summed E-state index contributed by atoms with van der Waals surface area (Å²) in [5.41, 5.74) is 1.80. The number of benzene rings is 1. The van der Waals surface area contributed by atoms with Gasteiger partial charge >= 0.3 is 0 Å². The molecule has 0 aliphatic heterocycles. The Hall–Kier alpha value is -2.61. The van der Waals surface area contributed by atoms with Gasteiger partial charge in [0.1, 0.15) is 5.75 Å². The van der Waals surface area contributed by atoms with Gasteiger partial charge in [-0.05, 0) is 30.2 Å². The summed E-state index contributed by atoms with van der Waals surface area (Å²) >= 11 is 0. The van der Waals surface area contributed by atoms with Crippen LogP contribution in [0.25, 0.3) is 0 Å². The molecule has 0 fully saturated rings. The molecule has 0 saturated heterocycles. The molecule has 29 heavy (non-hydrogen) atoms. The van der Waals surface area contributed by atoms with Crippen LogP contribution >= 0.6 is 0 Å². The van der Waals surface area contributed by atoms with Crippen molar-refractivity contribution in [3.63, 3.8) is 0 Å². The van der Waals surface area contributed by atoms with E-state index in [9.17, 15) is 13.2 Å². The molecule has 0 aliphatic rings. The van der Waals surface area contributed by atoms with Gasteiger partial charge in [-0.1, -0.05) is 32.3 Å². The van der Waals surface area contributed by atoms with Crippen LogP contribution in [-0.4, -0.2) is 39.2 Å². The number of unbranched alkanes of at least 4 members (excludes halogenated alkanes) is 3. The third-order valence-electron chi connectivity index (χ3n) is 4.42. The number of ether oxygens (including phenoxy) is 1. The standard InChI is InChI=1S/C21H29N3O4S/c1-4-5-6-7-13-28-20-15-18(10-11-19(20)24(2)29(3,26)27)23-21(25)14-17-9-8-12-22-16-17/h8-12,15-16H,4-7,13-14H2,1-3H3,(H,23,25). The van der Waals surface area contributed by atoms with Gasteiger partial charge in [-0.3, -0.25) is 14.1 Å². The van der Waals surface area contributed by atoms with Gasteiger partial charge in [-0.2, -0.15) is 0 Å². The molecule has 8 heteroatoms. The Balaban J connectivity index is 2.14. The number of hydrogen-bond acceptors (Lipinski definition) is 5. The van der Waals surface area contributed by atoms with Crippen LogP contribution in [0.15, 0.2) is 42.7 Å². The largest absolute Gasteiger partial charge is 0.491 e. The molecule has 0 bridgehead atoms. The molecule has 1 aromatic carbocycles. The molecule has 2 aromatic rings. The number of rotatable bonds is 11. The Morgan fingerprint density at radius 1 is 1.21 bits per heavy atom. The van der Waals surface area contributed by atoms with E-state index in [1.165, 1.54) is 11.4 Å². The molecule has 0 atom stereocenters. The lowest BCUT2D eigenvalue weighted by molar-refractivity contribution is -0.115. The van der Waals surface area contributed by atoms with E-state index in [0.29, 0.717) is 23.7 Å². The summed E-state index contributed by atoms with van der Waals surface area (Å²) < 4.78 is 31.0. The van der Waals surface area contributed by atoms with Crippen LogP contribution in [0.2, 0.25) is 0 Å². The lowest BCUT2D eigenvalue weighted by Gasteiger charge is -2.21. The van der Waals surface area contributed by atoms with Crippen LogP contribution in [-0.2, 0) is 21.2 Å². The maximum absolute atomic E-state index is 12.3. The number of sulfonamides is 1. The predicted octanol–water partition coefficient (Wildman–Crippen LogP) is 3.62. The fourth-order valence-corrected chi connectivity index (χ4v) is 3.26. The summed E-state index contributed by atoms with van der Waals surface area (Å²) in [6.07, 6.45) is 8.83. The number of nitrogens with one attached hydrogen (secondary N) is 1. The number of carbonyl (C=O) groups excluding carboxylic acids is 1. The van der Waals surface area contributed by atoms with Gasteiger partial charge in [0.05, 0.1) is 25.0 Å². The van der Waals surface area contributed by atoms with E-state index >= 15 is 0 Å². The molecular formula is C21H29N3O4S. The van der Waals surface area contributed by atoms with Crippen molar-refractivity contribution < 1.29 is 17.9 Å². The first-order chi connectivity index (χ1) is 13.8. The van der Waals surface area contributed by atoms with E-state index < -0.39 is 10.0 Å². The maximum atomic E-state index is 12.3. The van der Waals surface area contributed by atoms with Gasteiger partial charge in [0.15, 0.2) is 0 Å². The van der Waals surface area contributed by atoms with Gasteiger partial charge in [-0.25, -0.2) is 8.42 Å². The molecule has 158 valence electrons. The van der Waals surface area contributed by atoms with Gasteiger partial charge in [0.2, 0.25) is 15.9 Å². The zero-order valence-electron chi connectivity index (χ0n) is 17.2. The number of aromatic nitrogens is 1. The zero-order valence-corrected chi connectivity index (χ0v) is 18.0. The van der Waals surface area contributed by atoms with E-state index in [1.807, 2.05) is 6.07 Å². The molecular weight excluding hydrogens is 390 g/mol. The molecule has 7 nitrogen and oxygen atoms in total. The Morgan fingerprint density at radius 2 is 2.00 bits per heavy atom. The third kappa shape index (κ3) is 7.38. The Kier molecular flexibility index (Phi) is 8.45. The van der Waals surface area contributed by atoms with Crippen molar-refractivity contribution in [1.29, 1.82) is 0 Å². The number of anilines is 2. The second-order valence-electron chi connectivity index (χ2n) is 6.91. The zero-order chi connectivity index (χ0) is 21.3. The quantitative estimate of drug-likeness (QED) is 0.562. The minimum Gasteiger partial charge on any atom is -0.491 e. The third-order valence-corrected chi connectivity index (χ3v) is 5.61. The summed E-state index contributed by atoms with van der Waals surface area (Å²) in [6.45, 7) is 2.62. The number of amides is 1. The molecule has 0 unspecified atom stereocenters. The van der Waals surface area contributed by atoms with Crippen molar-refractivity contribution in [1.82, 2.24) is 4.98 Å². The Bertz CT molecular complexity index is 901. The highest BCUT2D eigenvalue weighted by Crippen LogP contribution is 2.32. The van der Waals surface area contributed by atoms with Gasteiger partial charge in [0, 0.05) is 31.2 Å². The van der Waals surface area contributed by atoms with E-state index in [2.05, 4.69) is 17.2 Å². The Labute approximate surface area is 173 Å². The van der Waals surface area contributed by atoms with Gasteiger partial charge < -0.3 is 10.1 Å². The fourth-order valence-electron chi connectivity index (χ4n) is 2.75. The summed E-state index contributed by atoms with van der Waals surface area (Å²) in [5, 5.41) is 2.83. The van der Waals surface area contributed by atoms with Crippen LogP contribution in [0.3, 0.4) is 0 Å². The first kappa shape index (κ1) is 22.7. The first-order valence-electron chi connectivity index (χ1n) is 9.70. The normalized spacial score (nSPS) is 11.1. The van der Waals surface area contributed by atoms with E-state index in [4.69, 9.17) is 4.74 Å². The molecule has 1 heterocycles. The summed E-state index contributed by atoms with van der Waals surface area (Å²) in [5.74, 6) is 0.240. The highest BCUT2D eigenvalue weighted by Gasteiger charge is 2.18. The lowest BCUT2D eigenvalue weighted by atomic mass is 10.2. The summed E-state index contributed by atoms with van der Waals surface area (Å²) in [7, 11) is -1.95. The highest BCUT2D eigenvalue weighted by molar-refractivity contribution is 7.92. The average Bonchev–Trinajstić information content (AvgIpc) is 2.67. The molecule has 1 N–H and O–H groups in total. The molecule has 0 aliphatic carbocycles. The lowest BCUT2D eigenvalue weighted by Crippen LogP contribution is -2.25. The molecule has 0 spiro atoms. The number of hydrogen-bond donors (Lipinski definition) is 1. The van der Waals surface area contributed by atoms with Crippen LogP contribution < -0.4 is 14.4 Å². The van der Waals surface area contributed by atoms with Crippen molar-refractivity contribution in [3.8, 4) is 5.75 Å². The predicted molar refractivity (Wildman–Crippen MR) is 116 cm³/mol. The van der Waals surface area contributed by atoms with Gasteiger partial charge in [-0.15, -0.1) is 0 Å². The smallest absolute Gasteiger partial charge is 0.232 e. The highest BCUT2D eigenvalue weighted by atomic mass is 32.2. The molecule has 1 amide bonds. The van der Waals surface area contributed by atoms with Crippen LogP contribution in [0.1, 0.15) is 38.2 Å². The first-order valence-corrected chi connectivity index (χ1v) is 11.6. The van der Waals surface area contributed by atoms with E-state index in [1.54, 1.807) is 36.7 Å². The maximum Gasteiger partial charge on any atom is 0.232 e. The second-order valence-corrected chi connectivity index (χ2v) is 8.92. The van der Waals surface area contributed by atoms with Crippen LogP contribution in [0.5, 0.6) is 5.75 Å². The van der Waals surface area contributed by atoms with E-state index in [0.717, 1.165) is 37.5 Å². The van der Waals surface area contributed by atoms with Crippen molar-refractivity contribution in [2.45, 2.75) is 39.0 Å². The summed E-state index contributed by atoms with van der Waals surface area (Å²) in [4.78, 5) is 16.3. The van der Waals surface area contributed by atoms with Crippen molar-refractivity contribution in [2.75, 3.05) is 29.5 Å². The van der Waals surface area contributed by atoms with E-state index in [-0.39, 0.29) is 12.3 Å². The minimum absolute atomic E-state index is 0.184. The molecule has 1 aromatic heterocycles. The van der Waals surface area contributed by atoms with Crippen molar-refractivity contribution >= 4 is 27.3 Å². The SMILES string of the molecule is CCCCCCOc1cc(NC(=O)Cc2cccnc2)ccc1N(C)S(C)(=O)=O. The molecule has 0 saturated carbocycles.